The Morgan fingerprint density at radius 2 is 1.70 bits per heavy atom. The van der Waals surface area contributed by atoms with Crippen molar-refractivity contribution in [2.24, 2.45) is 5.73 Å². The molecule has 3 N–H and O–H groups in total. The van der Waals surface area contributed by atoms with Crippen LogP contribution in [0.2, 0.25) is 0 Å². The van der Waals surface area contributed by atoms with Crippen LogP contribution in [0.3, 0.4) is 0 Å². The van der Waals surface area contributed by atoms with Crippen LogP contribution in [0.1, 0.15) is 28.2 Å². The van der Waals surface area contributed by atoms with Gasteiger partial charge in [0.15, 0.2) is 0 Å². The van der Waals surface area contributed by atoms with E-state index in [1.165, 1.54) is 33.2 Å². The van der Waals surface area contributed by atoms with Gasteiger partial charge in [0.2, 0.25) is 0 Å². The molecule has 0 aliphatic heterocycles. The lowest BCUT2D eigenvalue weighted by molar-refractivity contribution is 0.825. The normalized spacial score (nSPS) is 12.8. The Balaban J connectivity index is 2.21. The van der Waals surface area contributed by atoms with Crippen molar-refractivity contribution < 1.29 is 0 Å². The van der Waals surface area contributed by atoms with Crippen molar-refractivity contribution in [2.45, 2.75) is 19.8 Å². The van der Waals surface area contributed by atoms with E-state index < -0.39 is 0 Å². The molecule has 2 heteroatoms. The van der Waals surface area contributed by atoms with Crippen LogP contribution >= 0.6 is 0 Å². The van der Waals surface area contributed by atoms with Gasteiger partial charge in [0, 0.05) is 29.6 Å². The summed E-state index contributed by atoms with van der Waals surface area (Å²) in [4.78, 5) is 3.43. The second-order valence-electron chi connectivity index (χ2n) is 5.39. The van der Waals surface area contributed by atoms with Crippen molar-refractivity contribution in [1.82, 2.24) is 4.98 Å². The Morgan fingerprint density at radius 1 is 1.00 bits per heavy atom. The number of H-pyrrole nitrogens is 1. The van der Waals surface area contributed by atoms with E-state index in [1.807, 2.05) is 6.07 Å². The summed E-state index contributed by atoms with van der Waals surface area (Å²) in [6.45, 7) is 4.92. The summed E-state index contributed by atoms with van der Waals surface area (Å²) in [7, 11) is 0. The predicted molar refractivity (Wildman–Crippen MR) is 85.1 cm³/mol. The third-order valence-electron chi connectivity index (χ3n) is 4.10. The minimum absolute atomic E-state index is 0.241. The van der Waals surface area contributed by atoms with Crippen LogP contribution in [0, 0.1) is 13.8 Å². The van der Waals surface area contributed by atoms with Crippen molar-refractivity contribution in [1.29, 1.82) is 0 Å². The Labute approximate surface area is 119 Å². The van der Waals surface area contributed by atoms with E-state index in [0.29, 0.717) is 6.54 Å². The standard InChI is InChI=1S/C18H20N2/c1-12-8-9-13(2)18-17(12)16(11-20-18)15(10-19)14-6-4-3-5-7-14/h3-9,11,15,20H,10,19H2,1-2H3. The number of hydrogen-bond acceptors (Lipinski definition) is 1. The molecule has 20 heavy (non-hydrogen) atoms. The molecule has 1 unspecified atom stereocenters. The molecule has 1 atom stereocenters. The number of nitrogens with two attached hydrogens (primary N) is 1. The minimum atomic E-state index is 0.241. The monoisotopic (exact) mass is 264 g/mol. The SMILES string of the molecule is Cc1ccc(C)c2c(C(CN)c3ccccc3)c[nH]c12. The van der Waals surface area contributed by atoms with Crippen molar-refractivity contribution in [3.05, 3.63) is 70.9 Å². The third kappa shape index (κ3) is 2.02. The van der Waals surface area contributed by atoms with E-state index in [0.717, 1.165) is 0 Å². The summed E-state index contributed by atoms with van der Waals surface area (Å²) >= 11 is 0. The van der Waals surface area contributed by atoms with Crippen LogP contribution in [0.25, 0.3) is 10.9 Å². The molecule has 102 valence electrons. The average Bonchev–Trinajstić information content (AvgIpc) is 2.91. The summed E-state index contributed by atoms with van der Waals surface area (Å²) in [5.41, 5.74) is 12.4. The van der Waals surface area contributed by atoms with E-state index in [2.05, 4.69) is 61.4 Å². The highest BCUT2D eigenvalue weighted by molar-refractivity contribution is 5.89. The maximum absolute atomic E-state index is 6.06. The molecule has 0 spiro atoms. The van der Waals surface area contributed by atoms with E-state index in [4.69, 9.17) is 5.73 Å². The lowest BCUT2D eigenvalue weighted by Crippen LogP contribution is -2.13. The molecule has 0 aliphatic carbocycles. The highest BCUT2D eigenvalue weighted by atomic mass is 14.7. The number of aryl methyl sites for hydroxylation is 2. The first-order chi connectivity index (χ1) is 9.72. The number of aromatic amines is 1. The number of rotatable bonds is 3. The zero-order valence-corrected chi connectivity index (χ0v) is 12.0. The van der Waals surface area contributed by atoms with Gasteiger partial charge in [-0.15, -0.1) is 0 Å². The van der Waals surface area contributed by atoms with Crippen LogP contribution < -0.4 is 5.73 Å². The molecule has 1 aromatic heterocycles. The number of fused-ring (bicyclic) bond motifs is 1. The highest BCUT2D eigenvalue weighted by Gasteiger charge is 2.18. The summed E-state index contributed by atoms with van der Waals surface area (Å²) < 4.78 is 0. The first-order valence-corrected chi connectivity index (χ1v) is 7.04. The topological polar surface area (TPSA) is 41.8 Å². The molecule has 0 fully saturated rings. The van der Waals surface area contributed by atoms with E-state index in [-0.39, 0.29) is 5.92 Å². The van der Waals surface area contributed by atoms with Crippen molar-refractivity contribution >= 4 is 10.9 Å². The van der Waals surface area contributed by atoms with E-state index >= 15 is 0 Å². The van der Waals surface area contributed by atoms with Gasteiger partial charge in [0.05, 0.1) is 0 Å². The maximum Gasteiger partial charge on any atom is 0.0489 e. The first kappa shape index (κ1) is 12.9. The van der Waals surface area contributed by atoms with Gasteiger partial charge in [-0.25, -0.2) is 0 Å². The zero-order chi connectivity index (χ0) is 14.1. The van der Waals surface area contributed by atoms with Crippen molar-refractivity contribution in [3.63, 3.8) is 0 Å². The molecule has 1 heterocycles. The Kier molecular flexibility index (Phi) is 3.33. The third-order valence-corrected chi connectivity index (χ3v) is 4.10. The van der Waals surface area contributed by atoms with Gasteiger partial charge in [-0.1, -0.05) is 42.5 Å². The van der Waals surface area contributed by atoms with Crippen molar-refractivity contribution in [3.8, 4) is 0 Å². The van der Waals surface area contributed by atoms with Crippen LogP contribution in [0.4, 0.5) is 0 Å². The molecule has 0 amide bonds. The van der Waals surface area contributed by atoms with Gasteiger partial charge in [-0.3, -0.25) is 0 Å². The summed E-state index contributed by atoms with van der Waals surface area (Å²) in [6.07, 6.45) is 2.12. The first-order valence-electron chi connectivity index (χ1n) is 7.04. The quantitative estimate of drug-likeness (QED) is 0.740. The zero-order valence-electron chi connectivity index (χ0n) is 12.0. The average molecular weight is 264 g/mol. The molecule has 0 saturated heterocycles. The molecular formula is C18H20N2. The second kappa shape index (κ2) is 5.14. The minimum Gasteiger partial charge on any atom is -0.361 e. The van der Waals surface area contributed by atoms with Crippen molar-refractivity contribution in [2.75, 3.05) is 6.54 Å². The number of nitrogens with one attached hydrogen (secondary N) is 1. The van der Waals surface area contributed by atoms with Gasteiger partial charge in [0.1, 0.15) is 0 Å². The summed E-state index contributed by atoms with van der Waals surface area (Å²) in [5, 5.41) is 1.32. The van der Waals surface area contributed by atoms with E-state index in [1.54, 1.807) is 0 Å². The number of benzene rings is 2. The van der Waals surface area contributed by atoms with Crippen LogP contribution in [0.15, 0.2) is 48.7 Å². The van der Waals surface area contributed by atoms with E-state index in [9.17, 15) is 0 Å². The Bertz CT molecular complexity index is 726. The highest BCUT2D eigenvalue weighted by Crippen LogP contribution is 2.33. The number of aromatic nitrogens is 1. The molecule has 0 saturated carbocycles. The van der Waals surface area contributed by atoms with Crippen LogP contribution in [-0.4, -0.2) is 11.5 Å². The predicted octanol–water partition coefficient (Wildman–Crippen LogP) is 3.88. The lowest BCUT2D eigenvalue weighted by atomic mass is 9.89. The molecular weight excluding hydrogens is 244 g/mol. The van der Waals surface area contributed by atoms with Crippen LogP contribution in [-0.2, 0) is 0 Å². The fourth-order valence-electron chi connectivity index (χ4n) is 2.99. The summed E-state index contributed by atoms with van der Waals surface area (Å²) in [5.74, 6) is 0.241. The smallest absolute Gasteiger partial charge is 0.0489 e. The molecule has 3 aromatic rings. The Morgan fingerprint density at radius 3 is 2.40 bits per heavy atom. The van der Waals surface area contributed by atoms with Gasteiger partial charge in [-0.2, -0.15) is 0 Å². The maximum atomic E-state index is 6.06. The molecule has 2 aromatic carbocycles. The fourth-order valence-corrected chi connectivity index (χ4v) is 2.99. The lowest BCUT2D eigenvalue weighted by Gasteiger charge is -2.15. The van der Waals surface area contributed by atoms with Gasteiger partial charge >= 0.3 is 0 Å². The Hall–Kier alpha value is -2.06. The molecule has 0 bridgehead atoms. The van der Waals surface area contributed by atoms with Crippen LogP contribution in [0.5, 0.6) is 0 Å². The molecule has 2 nitrogen and oxygen atoms in total. The summed E-state index contributed by atoms with van der Waals surface area (Å²) in [6, 6.07) is 14.9. The van der Waals surface area contributed by atoms with Gasteiger partial charge in [-0.05, 0) is 36.1 Å². The molecule has 3 rings (SSSR count). The largest absolute Gasteiger partial charge is 0.361 e. The van der Waals surface area contributed by atoms with Gasteiger partial charge in [0.25, 0.3) is 0 Å². The molecule has 0 radical (unpaired) electrons. The fraction of sp³-hybridized carbons (Fsp3) is 0.222. The number of hydrogen-bond donors (Lipinski definition) is 2. The molecule has 0 aliphatic rings. The van der Waals surface area contributed by atoms with Gasteiger partial charge < -0.3 is 10.7 Å². The second-order valence-corrected chi connectivity index (χ2v) is 5.39.